The standard InChI is InChI=1S/C21H28N4O/c1-15-9-11-25(12-10-15)19-13-18(22-14-23-19)24-20(26)16-5-7-17(8-6-16)21(2,3)4/h5-8,13-15H,9-12H2,1-4H3,(H,22,23,24,26). The van der Waals surface area contributed by atoms with Crippen LogP contribution in [0.15, 0.2) is 36.7 Å². The van der Waals surface area contributed by atoms with Gasteiger partial charge in [-0.2, -0.15) is 0 Å². The minimum absolute atomic E-state index is 0.0719. The fourth-order valence-corrected chi connectivity index (χ4v) is 3.14. The Morgan fingerprint density at radius 2 is 1.77 bits per heavy atom. The highest BCUT2D eigenvalue weighted by Crippen LogP contribution is 2.24. The first kappa shape index (κ1) is 18.4. The number of rotatable bonds is 3. The highest BCUT2D eigenvalue weighted by atomic mass is 16.1. The molecular formula is C21H28N4O. The van der Waals surface area contributed by atoms with Crippen LogP contribution in [0.5, 0.6) is 0 Å². The van der Waals surface area contributed by atoms with E-state index in [1.54, 1.807) is 0 Å². The van der Waals surface area contributed by atoms with Crippen molar-refractivity contribution >= 4 is 17.5 Å². The third-order valence-corrected chi connectivity index (χ3v) is 5.01. The molecule has 5 nitrogen and oxygen atoms in total. The molecule has 26 heavy (non-hydrogen) atoms. The number of hydrogen-bond acceptors (Lipinski definition) is 4. The SMILES string of the molecule is CC1CCN(c2cc(NC(=O)c3ccc(C(C)(C)C)cc3)ncn2)CC1. The lowest BCUT2D eigenvalue weighted by Gasteiger charge is -2.31. The molecule has 0 bridgehead atoms. The van der Waals surface area contributed by atoms with E-state index in [1.807, 2.05) is 30.3 Å². The van der Waals surface area contributed by atoms with Crippen LogP contribution in [0.3, 0.4) is 0 Å². The van der Waals surface area contributed by atoms with Gasteiger partial charge in [-0.1, -0.05) is 39.8 Å². The van der Waals surface area contributed by atoms with Crippen LogP contribution in [-0.2, 0) is 5.41 Å². The maximum Gasteiger partial charge on any atom is 0.256 e. The highest BCUT2D eigenvalue weighted by molar-refractivity contribution is 6.03. The molecule has 2 aromatic rings. The Morgan fingerprint density at radius 3 is 2.38 bits per heavy atom. The quantitative estimate of drug-likeness (QED) is 0.896. The van der Waals surface area contributed by atoms with Crippen molar-refractivity contribution in [1.82, 2.24) is 9.97 Å². The number of nitrogens with zero attached hydrogens (tertiary/aromatic N) is 3. The van der Waals surface area contributed by atoms with Gasteiger partial charge in [0.2, 0.25) is 0 Å². The van der Waals surface area contributed by atoms with Crippen LogP contribution in [0, 0.1) is 5.92 Å². The second-order valence-electron chi connectivity index (χ2n) is 8.21. The summed E-state index contributed by atoms with van der Waals surface area (Å²) in [4.78, 5) is 23.4. The van der Waals surface area contributed by atoms with Crippen LogP contribution in [0.4, 0.5) is 11.6 Å². The van der Waals surface area contributed by atoms with Crippen molar-refractivity contribution in [3.63, 3.8) is 0 Å². The molecule has 0 saturated carbocycles. The number of nitrogens with one attached hydrogen (secondary N) is 1. The fourth-order valence-electron chi connectivity index (χ4n) is 3.14. The molecule has 0 aliphatic carbocycles. The maximum atomic E-state index is 12.5. The van der Waals surface area contributed by atoms with Gasteiger partial charge in [-0.3, -0.25) is 4.79 Å². The lowest BCUT2D eigenvalue weighted by atomic mass is 9.87. The van der Waals surface area contributed by atoms with E-state index < -0.39 is 0 Å². The first-order valence-corrected chi connectivity index (χ1v) is 9.32. The minimum Gasteiger partial charge on any atom is -0.356 e. The highest BCUT2D eigenvalue weighted by Gasteiger charge is 2.18. The van der Waals surface area contributed by atoms with Crippen molar-refractivity contribution in [1.29, 1.82) is 0 Å². The Bertz CT molecular complexity index is 756. The van der Waals surface area contributed by atoms with Gasteiger partial charge >= 0.3 is 0 Å². The molecule has 2 heterocycles. The van der Waals surface area contributed by atoms with E-state index >= 15 is 0 Å². The van der Waals surface area contributed by atoms with Gasteiger partial charge in [0.1, 0.15) is 18.0 Å². The van der Waals surface area contributed by atoms with Gasteiger partial charge < -0.3 is 10.2 Å². The van der Waals surface area contributed by atoms with Crippen LogP contribution >= 0.6 is 0 Å². The van der Waals surface area contributed by atoms with E-state index in [0.29, 0.717) is 11.4 Å². The van der Waals surface area contributed by atoms with Crippen molar-refractivity contribution in [3.05, 3.63) is 47.8 Å². The Balaban J connectivity index is 1.68. The minimum atomic E-state index is -0.151. The molecule has 1 amide bonds. The summed E-state index contributed by atoms with van der Waals surface area (Å²) >= 11 is 0. The third-order valence-electron chi connectivity index (χ3n) is 5.01. The van der Waals surface area contributed by atoms with E-state index in [4.69, 9.17) is 0 Å². The Kier molecular flexibility index (Phi) is 5.25. The molecule has 1 saturated heterocycles. The topological polar surface area (TPSA) is 58.1 Å². The van der Waals surface area contributed by atoms with Gasteiger partial charge in [-0.25, -0.2) is 9.97 Å². The molecule has 5 heteroatoms. The van der Waals surface area contributed by atoms with Crippen LogP contribution in [0.1, 0.15) is 56.5 Å². The predicted molar refractivity (Wildman–Crippen MR) is 106 cm³/mol. The van der Waals surface area contributed by atoms with Crippen molar-refractivity contribution in [2.24, 2.45) is 5.92 Å². The van der Waals surface area contributed by atoms with Crippen molar-refractivity contribution in [2.75, 3.05) is 23.3 Å². The summed E-state index contributed by atoms with van der Waals surface area (Å²) < 4.78 is 0. The van der Waals surface area contributed by atoms with E-state index in [2.05, 4.69) is 47.9 Å². The van der Waals surface area contributed by atoms with Crippen molar-refractivity contribution < 1.29 is 4.79 Å². The molecule has 1 aliphatic rings. The lowest BCUT2D eigenvalue weighted by molar-refractivity contribution is 0.102. The fraction of sp³-hybridized carbons (Fsp3) is 0.476. The molecule has 0 unspecified atom stereocenters. The smallest absolute Gasteiger partial charge is 0.256 e. The summed E-state index contributed by atoms with van der Waals surface area (Å²) in [5.74, 6) is 2.04. The van der Waals surface area contributed by atoms with Gasteiger partial charge in [-0.05, 0) is 41.9 Å². The van der Waals surface area contributed by atoms with E-state index in [-0.39, 0.29) is 11.3 Å². The lowest BCUT2D eigenvalue weighted by Crippen LogP contribution is -2.33. The number of carbonyl (C=O) groups is 1. The molecular weight excluding hydrogens is 324 g/mol. The first-order chi connectivity index (χ1) is 12.3. The summed E-state index contributed by atoms with van der Waals surface area (Å²) in [5.41, 5.74) is 1.91. The Labute approximate surface area is 155 Å². The molecule has 0 atom stereocenters. The predicted octanol–water partition coefficient (Wildman–Crippen LogP) is 4.26. The summed E-state index contributed by atoms with van der Waals surface area (Å²) in [6.45, 7) is 10.8. The monoisotopic (exact) mass is 352 g/mol. The Morgan fingerprint density at radius 1 is 1.12 bits per heavy atom. The Hall–Kier alpha value is -2.43. The molecule has 1 aromatic carbocycles. The largest absolute Gasteiger partial charge is 0.356 e. The summed E-state index contributed by atoms with van der Waals surface area (Å²) in [5, 5.41) is 2.89. The van der Waals surface area contributed by atoms with Gasteiger partial charge in [0, 0.05) is 24.7 Å². The van der Waals surface area contributed by atoms with Crippen LogP contribution in [0.25, 0.3) is 0 Å². The average Bonchev–Trinajstić information content (AvgIpc) is 2.62. The molecule has 138 valence electrons. The van der Waals surface area contributed by atoms with Gasteiger partial charge in [-0.15, -0.1) is 0 Å². The molecule has 1 aliphatic heterocycles. The average molecular weight is 352 g/mol. The van der Waals surface area contributed by atoms with Gasteiger partial charge in [0.05, 0.1) is 0 Å². The molecule has 0 radical (unpaired) electrons. The van der Waals surface area contributed by atoms with Gasteiger partial charge in [0.25, 0.3) is 5.91 Å². The number of piperidine rings is 1. The zero-order valence-electron chi connectivity index (χ0n) is 16.1. The molecule has 0 spiro atoms. The second-order valence-corrected chi connectivity index (χ2v) is 8.21. The third kappa shape index (κ3) is 4.40. The van der Waals surface area contributed by atoms with Crippen LogP contribution < -0.4 is 10.2 Å². The summed E-state index contributed by atoms with van der Waals surface area (Å²) in [7, 11) is 0. The zero-order valence-corrected chi connectivity index (χ0v) is 16.1. The van der Waals surface area contributed by atoms with E-state index in [1.165, 1.54) is 24.7 Å². The number of aromatic nitrogens is 2. The zero-order chi connectivity index (χ0) is 18.7. The normalized spacial score (nSPS) is 15.8. The number of carbonyl (C=O) groups excluding carboxylic acids is 1. The van der Waals surface area contributed by atoms with Crippen molar-refractivity contribution in [3.8, 4) is 0 Å². The summed E-state index contributed by atoms with van der Waals surface area (Å²) in [6, 6.07) is 9.61. The van der Waals surface area contributed by atoms with Crippen LogP contribution in [-0.4, -0.2) is 29.0 Å². The first-order valence-electron chi connectivity index (χ1n) is 9.32. The molecule has 3 rings (SSSR count). The summed E-state index contributed by atoms with van der Waals surface area (Å²) in [6.07, 6.45) is 3.86. The molecule has 1 aromatic heterocycles. The van der Waals surface area contributed by atoms with E-state index in [0.717, 1.165) is 24.8 Å². The van der Waals surface area contributed by atoms with Crippen LogP contribution in [0.2, 0.25) is 0 Å². The second kappa shape index (κ2) is 7.44. The molecule has 1 N–H and O–H groups in total. The maximum absolute atomic E-state index is 12.5. The van der Waals surface area contributed by atoms with Gasteiger partial charge in [0.15, 0.2) is 0 Å². The molecule has 1 fully saturated rings. The number of benzene rings is 1. The number of hydrogen-bond donors (Lipinski definition) is 1. The van der Waals surface area contributed by atoms with E-state index in [9.17, 15) is 4.79 Å². The number of anilines is 2. The number of amides is 1. The van der Waals surface area contributed by atoms with Crippen molar-refractivity contribution in [2.45, 2.75) is 46.0 Å².